The number of hydrogen-bond donors (Lipinski definition) is 5. The first-order valence-electron chi connectivity index (χ1n) is 21.4. The Morgan fingerprint density at radius 2 is 1.91 bits per heavy atom. The number of nitrogens with zero attached hydrogens (tertiary/aromatic N) is 1. The van der Waals surface area contributed by atoms with Gasteiger partial charge >= 0.3 is 6.09 Å². The molecule has 16 nitrogen and oxygen atoms in total. The molecule has 1 aromatic carbocycles. The first kappa shape index (κ1) is 50.4. The maximum atomic E-state index is 15.3. The van der Waals surface area contributed by atoms with Crippen LogP contribution in [0, 0.1) is 23.7 Å². The van der Waals surface area contributed by atoms with Gasteiger partial charge in [-0.3, -0.25) is 24.7 Å². The van der Waals surface area contributed by atoms with Crippen molar-refractivity contribution in [2.24, 2.45) is 0 Å². The Balaban J connectivity index is 1.47. The smallest absolute Gasteiger partial charge is 0.411 e. The predicted molar refractivity (Wildman–Crippen MR) is 252 cm³/mol. The molecular weight excluding hydrogens is 889 g/mol. The lowest BCUT2D eigenvalue weighted by Gasteiger charge is -2.48. The number of aliphatic hydroxyl groups is 1. The van der Waals surface area contributed by atoms with E-state index in [9.17, 15) is 24.6 Å². The van der Waals surface area contributed by atoms with E-state index in [4.69, 9.17) is 28.4 Å². The number of fused-ring (bicyclic) bond motifs is 3. The van der Waals surface area contributed by atoms with E-state index in [-0.39, 0.29) is 76.2 Å². The first-order chi connectivity index (χ1) is 31.6. The second-order valence-electron chi connectivity index (χ2n) is 16.1. The molecule has 9 atom stereocenters. The van der Waals surface area contributed by atoms with Gasteiger partial charge in [0.05, 0.1) is 49.3 Å². The first-order valence-corrected chi connectivity index (χ1v) is 23.6. The number of alkyl carbamates (subject to hydrolysis) is 1. The van der Waals surface area contributed by atoms with Gasteiger partial charge in [-0.05, 0) is 62.1 Å². The van der Waals surface area contributed by atoms with Crippen molar-refractivity contribution in [3.8, 4) is 29.4 Å². The predicted octanol–water partition coefficient (Wildman–Crippen LogP) is 5.47. The average Bonchev–Trinajstić information content (AvgIpc) is 3.66. The van der Waals surface area contributed by atoms with Gasteiger partial charge in [-0.25, -0.2) is 4.79 Å². The molecule has 66 heavy (non-hydrogen) atoms. The van der Waals surface area contributed by atoms with Gasteiger partial charge in [0.2, 0.25) is 5.78 Å². The molecule has 3 aliphatic rings. The van der Waals surface area contributed by atoms with E-state index >= 15 is 4.79 Å². The largest absolute Gasteiger partial charge is 0.508 e. The summed E-state index contributed by atoms with van der Waals surface area (Å²) in [6.45, 7) is 9.12. The van der Waals surface area contributed by atoms with Crippen LogP contribution in [0.4, 0.5) is 4.79 Å². The van der Waals surface area contributed by atoms with Crippen molar-refractivity contribution in [1.82, 2.24) is 20.6 Å². The molecule has 0 radical (unpaired) electrons. The number of allylic oxidation sites excluding steroid dienone is 3. The fourth-order valence-corrected chi connectivity index (χ4v) is 9.90. The highest BCUT2D eigenvalue weighted by Gasteiger charge is 2.55. The number of benzene rings is 1. The molecule has 1 aliphatic carbocycles. The summed E-state index contributed by atoms with van der Waals surface area (Å²) in [6, 6.07) is 6.70. The van der Waals surface area contributed by atoms with Crippen LogP contribution in [0.5, 0.6) is 5.75 Å². The number of aromatic hydroxyl groups is 1. The van der Waals surface area contributed by atoms with Crippen LogP contribution in [0.15, 0.2) is 65.5 Å². The average molecular weight is 945 g/mol. The molecule has 4 heterocycles. The minimum Gasteiger partial charge on any atom is -0.508 e. The van der Waals surface area contributed by atoms with Crippen LogP contribution in [0.2, 0.25) is 0 Å². The van der Waals surface area contributed by atoms with Gasteiger partial charge in [0.25, 0.3) is 0 Å². The number of hydrogen-bond acceptors (Lipinski definition) is 16. The Kier molecular flexibility index (Phi) is 17.3. The van der Waals surface area contributed by atoms with Gasteiger partial charge < -0.3 is 48.9 Å². The van der Waals surface area contributed by atoms with E-state index in [1.807, 2.05) is 13.8 Å². The van der Waals surface area contributed by atoms with Crippen LogP contribution in [0.3, 0.4) is 0 Å². The fourth-order valence-electron chi connectivity index (χ4n) is 8.40. The van der Waals surface area contributed by atoms with E-state index in [0.717, 1.165) is 18.9 Å². The third-order valence-electron chi connectivity index (χ3n) is 11.5. The number of ketones is 2. The van der Waals surface area contributed by atoms with Crippen LogP contribution in [-0.4, -0.2) is 136 Å². The molecule has 6 rings (SSSR count). The number of nitrogens with one attached hydrogen (secondary N) is 3. The van der Waals surface area contributed by atoms with Crippen molar-refractivity contribution < 1.29 is 57.8 Å². The highest BCUT2D eigenvalue weighted by atomic mass is 32.2. The van der Waals surface area contributed by atoms with Gasteiger partial charge in [0.1, 0.15) is 28.4 Å². The lowest BCUT2D eigenvalue weighted by molar-refractivity contribution is -0.301. The molecule has 1 amide bonds. The lowest BCUT2D eigenvalue weighted by atomic mass is 9.84. The number of thioether (sulfide) groups is 2. The summed E-state index contributed by atoms with van der Waals surface area (Å²) >= 11 is 2.25. The molecule has 3 aromatic rings. The number of methoxy groups -OCH3 is 2. The SMILES string of the molecule is CC#C/C=C\C#C[C@H](OC1OC(C)C(SC)(C(=O)c2nccc3c2[nH]c2ccc(O)cc23)CC1OC1CC(OC)C(NC(C)C)CO1)C1=C(NC(=O)OC)C(=O)C[C@H](O)/C1=C/CSC(C)=O. The summed E-state index contributed by atoms with van der Waals surface area (Å²) in [4.78, 5) is 61.8. The van der Waals surface area contributed by atoms with Gasteiger partial charge in [-0.2, -0.15) is 0 Å². The van der Waals surface area contributed by atoms with Crippen LogP contribution < -0.4 is 10.6 Å². The zero-order valence-corrected chi connectivity index (χ0v) is 39.7. The Hall–Kier alpha value is -4.99. The molecule has 7 unspecified atom stereocenters. The molecule has 2 aliphatic heterocycles. The molecule has 2 fully saturated rings. The number of carbonyl (C=O) groups excluding carboxylic acids is 4. The normalized spacial score (nSPS) is 26.8. The van der Waals surface area contributed by atoms with Crippen LogP contribution >= 0.6 is 23.5 Å². The second-order valence-corrected chi connectivity index (χ2v) is 18.5. The van der Waals surface area contributed by atoms with Crippen LogP contribution in [0.1, 0.15) is 64.4 Å². The molecule has 0 saturated carbocycles. The topological polar surface area (TPSA) is 217 Å². The number of ether oxygens (including phenoxy) is 6. The highest BCUT2D eigenvalue weighted by Crippen LogP contribution is 2.45. The molecule has 352 valence electrons. The summed E-state index contributed by atoms with van der Waals surface area (Å²) in [7, 11) is 2.76. The molecule has 18 heteroatoms. The summed E-state index contributed by atoms with van der Waals surface area (Å²) in [5.74, 6) is 10.7. The number of aromatic nitrogens is 2. The number of amides is 1. The number of aromatic amines is 1. The molecule has 5 N–H and O–H groups in total. The monoisotopic (exact) mass is 944 g/mol. The van der Waals surface area contributed by atoms with Crippen molar-refractivity contribution >= 4 is 68.1 Å². The van der Waals surface area contributed by atoms with Crippen molar-refractivity contribution in [3.63, 3.8) is 0 Å². The summed E-state index contributed by atoms with van der Waals surface area (Å²) in [5, 5.41) is 29.0. The van der Waals surface area contributed by atoms with Gasteiger partial charge in [-0.1, -0.05) is 49.4 Å². The van der Waals surface area contributed by atoms with Gasteiger partial charge in [-0.15, -0.1) is 17.7 Å². The number of carbonyl (C=O) groups is 4. The van der Waals surface area contributed by atoms with E-state index in [0.29, 0.717) is 28.2 Å². The van der Waals surface area contributed by atoms with Crippen molar-refractivity contribution in [2.75, 3.05) is 32.8 Å². The zero-order valence-electron chi connectivity index (χ0n) is 38.1. The van der Waals surface area contributed by atoms with E-state index < -0.39 is 60.0 Å². The Labute approximate surface area is 392 Å². The Morgan fingerprint density at radius 1 is 1.14 bits per heavy atom. The van der Waals surface area contributed by atoms with Crippen molar-refractivity contribution in [3.05, 3.63) is 71.2 Å². The molecule has 0 bridgehead atoms. The van der Waals surface area contributed by atoms with E-state index in [2.05, 4.69) is 44.3 Å². The number of phenols is 1. The number of rotatable bonds is 14. The highest BCUT2D eigenvalue weighted by molar-refractivity contribution is 8.13. The van der Waals surface area contributed by atoms with Crippen LogP contribution in [-0.2, 0) is 38.0 Å². The summed E-state index contributed by atoms with van der Waals surface area (Å²) < 4.78 is 36.2. The van der Waals surface area contributed by atoms with Crippen LogP contribution in [0.25, 0.3) is 21.8 Å². The van der Waals surface area contributed by atoms with Crippen molar-refractivity contribution in [1.29, 1.82) is 0 Å². The van der Waals surface area contributed by atoms with Gasteiger partial charge in [0, 0.05) is 73.1 Å². The lowest BCUT2D eigenvalue weighted by Crippen LogP contribution is -2.60. The second kappa shape index (κ2) is 22.7. The third-order valence-corrected chi connectivity index (χ3v) is 13.7. The maximum absolute atomic E-state index is 15.3. The third kappa shape index (κ3) is 11.4. The number of aliphatic hydroxyl groups excluding tert-OH is 1. The fraction of sp³-hybridized carbons (Fsp3) is 0.479. The molecule has 2 aromatic heterocycles. The Morgan fingerprint density at radius 3 is 2.61 bits per heavy atom. The molecular formula is C48H56N4O12S2. The molecule has 2 saturated heterocycles. The zero-order chi connectivity index (χ0) is 47.7. The number of pyridine rings is 1. The summed E-state index contributed by atoms with van der Waals surface area (Å²) in [6.07, 6.45) is -0.326. The van der Waals surface area contributed by atoms with Gasteiger partial charge in [0.15, 0.2) is 23.5 Å². The minimum absolute atomic E-state index is 0.00105. The quantitative estimate of drug-likeness (QED) is 0.100. The number of Topliss-reactive ketones (excluding diaryl/α,β-unsaturated/α-hetero) is 2. The minimum atomic E-state index is -1.42. The van der Waals surface area contributed by atoms with E-state index in [1.54, 1.807) is 63.8 Å². The number of phenolic OH excluding ortho intramolecular Hbond substituents is 1. The van der Waals surface area contributed by atoms with Crippen molar-refractivity contribution in [2.45, 2.75) is 114 Å². The standard InChI is InChI=1S/C48H56N4O12S2/c1-9-10-11-12-13-14-37(41-31(18-20-66-28(5)53)35(55)22-36(56)43(41)52-47(58)60-7)64-46-39(63-40-23-38(59-6)34(25-61-40)50-26(2)3)24-48(65-8,27(4)62-46)45(57)44-42-30(17-19-49-44)32-21-29(54)15-16-33(32)51-42/h11-12,15-19,21,26-27,34-35,37-40,46,50-51,54-55H,20,22-25H2,1-8H3,(H,52,58)/b12-11-,31-18-/t27?,34?,35-,37-,38?,39?,40?,46?,48?/m0/s1. The summed E-state index contributed by atoms with van der Waals surface area (Å²) in [5.41, 5.74) is 1.32. The molecule has 0 spiro atoms. The number of H-pyrrole nitrogens is 1. The maximum Gasteiger partial charge on any atom is 0.411 e. The van der Waals surface area contributed by atoms with E-state index in [1.165, 1.54) is 30.8 Å². The Bertz CT molecular complexity index is 2530.